The summed E-state index contributed by atoms with van der Waals surface area (Å²) in [5.74, 6) is 1.90. The minimum absolute atomic E-state index is 0.502. The maximum atomic E-state index is 5.71. The number of nitrogens with one attached hydrogen (secondary N) is 1. The Balaban J connectivity index is 1.66. The first kappa shape index (κ1) is 11.0. The number of anilines is 2. The average Bonchev–Trinajstić information content (AvgIpc) is 2.98. The lowest BCUT2D eigenvalue weighted by molar-refractivity contribution is 0.458. The van der Waals surface area contributed by atoms with Crippen molar-refractivity contribution in [1.29, 1.82) is 0 Å². The first-order valence-corrected chi connectivity index (χ1v) is 6.23. The van der Waals surface area contributed by atoms with E-state index in [1.165, 1.54) is 0 Å². The Morgan fingerprint density at radius 1 is 1.15 bits per heavy atom. The quantitative estimate of drug-likeness (QED) is 0.603. The first-order valence-electron chi connectivity index (χ1n) is 6.23. The Hall–Kier alpha value is -2.89. The van der Waals surface area contributed by atoms with Crippen LogP contribution in [-0.4, -0.2) is 19.5 Å². The monoisotopic (exact) mass is 265 g/mol. The van der Waals surface area contributed by atoms with Crippen LogP contribution in [0.2, 0.25) is 0 Å². The summed E-state index contributed by atoms with van der Waals surface area (Å²) in [7, 11) is 0. The van der Waals surface area contributed by atoms with Crippen molar-refractivity contribution in [2.75, 3.05) is 5.32 Å². The van der Waals surface area contributed by atoms with Crippen molar-refractivity contribution in [2.45, 2.75) is 6.54 Å². The molecule has 0 radical (unpaired) electrons. The molecule has 0 saturated carbocycles. The van der Waals surface area contributed by atoms with Crippen molar-refractivity contribution in [3.63, 3.8) is 0 Å². The summed E-state index contributed by atoms with van der Waals surface area (Å²) in [6, 6.07) is 6.01. The van der Waals surface area contributed by atoms with Gasteiger partial charge in [-0.1, -0.05) is 6.07 Å². The molecular weight excluding hydrogens is 254 g/mol. The third-order valence-electron chi connectivity index (χ3n) is 3.09. The highest BCUT2D eigenvalue weighted by Crippen LogP contribution is 2.39. The molecule has 0 fully saturated rings. The minimum Gasteiger partial charge on any atom is -0.434 e. The molecule has 6 nitrogen and oxygen atoms in total. The number of benzene rings is 1. The van der Waals surface area contributed by atoms with Gasteiger partial charge in [0.15, 0.2) is 11.6 Å². The van der Waals surface area contributed by atoms with Gasteiger partial charge in [-0.25, -0.2) is 15.0 Å². The molecule has 3 aromatic rings. The Morgan fingerprint density at radius 2 is 2.10 bits per heavy atom. The number of imidazole rings is 1. The van der Waals surface area contributed by atoms with Gasteiger partial charge in [-0.2, -0.15) is 0 Å². The van der Waals surface area contributed by atoms with E-state index in [2.05, 4.69) is 20.3 Å². The molecule has 0 amide bonds. The van der Waals surface area contributed by atoms with Crippen LogP contribution in [0.4, 0.5) is 11.5 Å². The Labute approximate surface area is 115 Å². The van der Waals surface area contributed by atoms with Gasteiger partial charge in [0.25, 0.3) is 5.88 Å². The Morgan fingerprint density at radius 3 is 3.00 bits per heavy atom. The molecule has 0 aliphatic carbocycles. The number of ether oxygens (including phenoxy) is 1. The number of rotatable bonds is 2. The van der Waals surface area contributed by atoms with E-state index in [4.69, 9.17) is 4.74 Å². The highest BCUT2D eigenvalue weighted by molar-refractivity contribution is 5.71. The molecule has 98 valence electrons. The fraction of sp³-hybridized carbons (Fsp3) is 0.0714. The predicted molar refractivity (Wildman–Crippen MR) is 73.2 cm³/mol. The van der Waals surface area contributed by atoms with Gasteiger partial charge in [0.05, 0.1) is 12.0 Å². The van der Waals surface area contributed by atoms with Crippen LogP contribution in [-0.2, 0) is 6.54 Å². The number of hydrogen-bond donors (Lipinski definition) is 1. The van der Waals surface area contributed by atoms with Crippen LogP contribution in [0.3, 0.4) is 0 Å². The van der Waals surface area contributed by atoms with Crippen molar-refractivity contribution < 1.29 is 4.74 Å². The van der Waals surface area contributed by atoms with Gasteiger partial charge in [-0.3, -0.25) is 0 Å². The van der Waals surface area contributed by atoms with Gasteiger partial charge in [-0.15, -0.1) is 0 Å². The van der Waals surface area contributed by atoms with Gasteiger partial charge >= 0.3 is 0 Å². The molecule has 20 heavy (non-hydrogen) atoms. The van der Waals surface area contributed by atoms with Gasteiger partial charge in [0.1, 0.15) is 0 Å². The van der Waals surface area contributed by atoms with Gasteiger partial charge < -0.3 is 14.6 Å². The van der Waals surface area contributed by atoms with Gasteiger partial charge in [-0.05, 0) is 17.7 Å². The van der Waals surface area contributed by atoms with E-state index in [9.17, 15) is 0 Å². The largest absolute Gasteiger partial charge is 0.434 e. The smallest absolute Gasteiger partial charge is 0.263 e. The highest BCUT2D eigenvalue weighted by atomic mass is 16.5. The number of nitrogens with zero attached hydrogens (tertiary/aromatic N) is 4. The third kappa shape index (κ3) is 1.87. The van der Waals surface area contributed by atoms with E-state index in [0.29, 0.717) is 11.7 Å². The lowest BCUT2D eigenvalue weighted by Crippen LogP contribution is -2.07. The molecule has 1 N–H and O–H groups in total. The summed E-state index contributed by atoms with van der Waals surface area (Å²) in [6.07, 6.45) is 8.74. The van der Waals surface area contributed by atoms with E-state index < -0.39 is 0 Å². The van der Waals surface area contributed by atoms with Crippen molar-refractivity contribution in [3.05, 3.63) is 54.9 Å². The zero-order valence-corrected chi connectivity index (χ0v) is 10.5. The van der Waals surface area contributed by atoms with Crippen LogP contribution in [0.25, 0.3) is 0 Å². The molecule has 0 saturated heterocycles. The summed E-state index contributed by atoms with van der Waals surface area (Å²) in [5, 5.41) is 3.24. The number of fused-ring (bicyclic) bond motifs is 2. The van der Waals surface area contributed by atoms with Crippen molar-refractivity contribution >= 4 is 11.5 Å². The fourth-order valence-corrected chi connectivity index (χ4v) is 2.17. The van der Waals surface area contributed by atoms with E-state index in [1.807, 2.05) is 29.0 Å². The molecule has 1 aliphatic rings. The predicted octanol–water partition coefficient (Wildman–Crippen LogP) is 2.57. The van der Waals surface area contributed by atoms with Crippen LogP contribution in [0.5, 0.6) is 11.6 Å². The number of hydrogen-bond acceptors (Lipinski definition) is 5. The first-order chi connectivity index (χ1) is 9.88. The van der Waals surface area contributed by atoms with Gasteiger partial charge in [0.2, 0.25) is 0 Å². The lowest BCUT2D eigenvalue weighted by Gasteiger charge is -2.20. The zero-order chi connectivity index (χ0) is 13.4. The molecule has 0 atom stereocenters. The summed E-state index contributed by atoms with van der Waals surface area (Å²) in [4.78, 5) is 12.4. The molecule has 6 heteroatoms. The van der Waals surface area contributed by atoms with Crippen LogP contribution in [0, 0.1) is 0 Å². The maximum absolute atomic E-state index is 5.71. The second-order valence-corrected chi connectivity index (χ2v) is 4.50. The highest BCUT2D eigenvalue weighted by Gasteiger charge is 2.18. The Bertz CT molecular complexity index is 754. The van der Waals surface area contributed by atoms with Crippen molar-refractivity contribution in [2.24, 2.45) is 0 Å². The van der Waals surface area contributed by atoms with E-state index in [0.717, 1.165) is 23.5 Å². The molecule has 4 rings (SSSR count). The molecule has 0 spiro atoms. The third-order valence-corrected chi connectivity index (χ3v) is 3.09. The molecule has 2 aromatic heterocycles. The summed E-state index contributed by atoms with van der Waals surface area (Å²) < 4.78 is 7.73. The fourth-order valence-electron chi connectivity index (χ4n) is 2.17. The molecule has 0 unspecified atom stereocenters. The van der Waals surface area contributed by atoms with Crippen LogP contribution >= 0.6 is 0 Å². The maximum Gasteiger partial charge on any atom is 0.263 e. The van der Waals surface area contributed by atoms with Crippen LogP contribution < -0.4 is 10.1 Å². The zero-order valence-electron chi connectivity index (χ0n) is 10.5. The second kappa shape index (κ2) is 4.34. The summed E-state index contributed by atoms with van der Waals surface area (Å²) in [5.41, 5.74) is 2.06. The SMILES string of the molecule is c1cn(Cc2ccc3c(c2)Nc2nccnc2O3)cn1. The van der Waals surface area contributed by atoms with Crippen LogP contribution in [0.1, 0.15) is 5.56 Å². The lowest BCUT2D eigenvalue weighted by atomic mass is 10.1. The molecular formula is C14H11N5O. The molecule has 3 heterocycles. The van der Waals surface area contributed by atoms with E-state index in [-0.39, 0.29) is 0 Å². The summed E-state index contributed by atoms with van der Waals surface area (Å²) >= 11 is 0. The molecule has 0 bridgehead atoms. The van der Waals surface area contributed by atoms with Crippen molar-refractivity contribution in [3.8, 4) is 11.6 Å². The second-order valence-electron chi connectivity index (χ2n) is 4.50. The standard InChI is InChI=1S/C14H11N5O/c1-2-12-11(7-10(1)8-19-6-5-15-9-19)18-13-14(20-12)17-4-3-16-13/h1-7,9H,8H2,(H,16,18). The number of aromatic nitrogens is 4. The van der Waals surface area contributed by atoms with Crippen LogP contribution in [0.15, 0.2) is 49.3 Å². The Kier molecular flexibility index (Phi) is 2.38. The van der Waals surface area contributed by atoms with E-state index in [1.54, 1.807) is 24.9 Å². The average molecular weight is 265 g/mol. The topological polar surface area (TPSA) is 64.9 Å². The van der Waals surface area contributed by atoms with Crippen molar-refractivity contribution in [1.82, 2.24) is 19.5 Å². The molecule has 1 aromatic carbocycles. The normalized spacial score (nSPS) is 12.0. The van der Waals surface area contributed by atoms with E-state index >= 15 is 0 Å². The molecule has 1 aliphatic heterocycles. The minimum atomic E-state index is 0.502. The van der Waals surface area contributed by atoms with Gasteiger partial charge in [0, 0.05) is 31.3 Å². The summed E-state index contributed by atoms with van der Waals surface area (Å²) in [6.45, 7) is 0.766.